The maximum absolute atomic E-state index is 12.3. The zero-order chi connectivity index (χ0) is 44.3. The number of fused-ring (bicyclic) bond motifs is 3. The van der Waals surface area contributed by atoms with E-state index in [0.29, 0.717) is 29.2 Å². The Labute approximate surface area is 381 Å². The number of aryl methyl sites for hydroxylation is 4. The standard InChI is InChI=1S/C58H66N2O4/c1-36-28-47(57(61)49(30-36)55-38(3)16-8-6-7-9-17-41-18-10-13-21-44(41)55)51-34-59-26-24-53(51)63-39(4)32-40(5)64-54-25-27-60-35-52(54)48-29-37(2)31-50(58(48)62)56-45-22-14-11-19-42(45)33-43-20-12-15-23-46(43)56/h17,24-31,33-35,39-40,61-62H,3,6-16,18-23,32H2,1-2,4-5H3/b41-17-,55-44+/t39?,40-/m1/s1. The number of allylic oxidation sites excluding steroid dienone is 5. The first-order valence-electron chi connectivity index (χ1n) is 24.3. The number of nitrogens with zero attached hydrogens (tertiary/aromatic N) is 2. The van der Waals surface area contributed by atoms with Crippen molar-refractivity contribution in [1.82, 2.24) is 9.97 Å². The Morgan fingerprint density at radius 2 is 1.09 bits per heavy atom. The lowest BCUT2D eigenvalue weighted by Crippen LogP contribution is -2.23. The zero-order valence-corrected chi connectivity index (χ0v) is 38.6. The summed E-state index contributed by atoms with van der Waals surface area (Å²) in [6, 6.07) is 14.7. The molecular weight excluding hydrogens is 789 g/mol. The maximum atomic E-state index is 12.3. The van der Waals surface area contributed by atoms with Crippen LogP contribution in [0.5, 0.6) is 23.0 Å². The second-order valence-electron chi connectivity index (χ2n) is 19.2. The molecule has 3 aromatic carbocycles. The predicted octanol–water partition coefficient (Wildman–Crippen LogP) is 14.7. The molecule has 0 spiro atoms. The topological polar surface area (TPSA) is 84.7 Å². The number of ether oxygens (including phenoxy) is 2. The van der Waals surface area contributed by atoms with Crippen molar-refractivity contribution in [3.63, 3.8) is 0 Å². The molecular formula is C58H66N2O4. The third-order valence-electron chi connectivity index (χ3n) is 14.2. The molecule has 1 saturated carbocycles. The molecule has 1 fully saturated rings. The van der Waals surface area contributed by atoms with Crippen LogP contribution in [0.4, 0.5) is 0 Å². The van der Waals surface area contributed by atoms with Crippen LogP contribution in [0.25, 0.3) is 39.0 Å². The van der Waals surface area contributed by atoms with Crippen molar-refractivity contribution in [2.75, 3.05) is 0 Å². The highest BCUT2D eigenvalue weighted by Crippen LogP contribution is 2.49. The van der Waals surface area contributed by atoms with E-state index in [1.165, 1.54) is 83.9 Å². The molecule has 4 aliphatic rings. The minimum Gasteiger partial charge on any atom is -0.507 e. The number of pyridine rings is 2. The number of phenolic OH excluding ortho intramolecular Hbond substituents is 2. The molecule has 9 rings (SSSR count). The van der Waals surface area contributed by atoms with E-state index in [1.54, 1.807) is 18.6 Å². The van der Waals surface area contributed by atoms with Gasteiger partial charge in [0, 0.05) is 64.6 Å². The summed E-state index contributed by atoms with van der Waals surface area (Å²) in [6.07, 6.45) is 28.9. The van der Waals surface area contributed by atoms with Crippen LogP contribution in [0.1, 0.15) is 143 Å². The SMILES string of the molecule is C=C1CCCCC/C=C2/CCCC/C2=C/1c1cc(C)cc(-c2cnccc2OC(C)C[C@@H](C)Oc2ccncc2-c2cc(C)cc(-c3c4c(cc5c3CCCC5)CCCC4)c2O)c1O. The summed E-state index contributed by atoms with van der Waals surface area (Å²) in [5, 5.41) is 24.6. The van der Waals surface area contributed by atoms with E-state index in [9.17, 15) is 10.2 Å². The van der Waals surface area contributed by atoms with Crippen molar-refractivity contribution in [2.45, 2.75) is 155 Å². The highest BCUT2D eigenvalue weighted by molar-refractivity contribution is 5.91. The average Bonchev–Trinajstić information content (AvgIpc) is 3.29. The first-order valence-corrected chi connectivity index (χ1v) is 24.3. The van der Waals surface area contributed by atoms with Gasteiger partial charge in [0.2, 0.25) is 0 Å². The summed E-state index contributed by atoms with van der Waals surface area (Å²) in [6.45, 7) is 13.0. The summed E-state index contributed by atoms with van der Waals surface area (Å²) in [4.78, 5) is 9.06. The molecule has 0 amide bonds. The van der Waals surface area contributed by atoms with Gasteiger partial charge in [0.25, 0.3) is 0 Å². The molecule has 2 aromatic heterocycles. The monoisotopic (exact) mass is 855 g/mol. The Hall–Kier alpha value is -5.62. The van der Waals surface area contributed by atoms with Crippen molar-refractivity contribution in [3.8, 4) is 56.4 Å². The summed E-state index contributed by atoms with van der Waals surface area (Å²) in [7, 11) is 0. The van der Waals surface area contributed by atoms with Gasteiger partial charge in [0.05, 0.1) is 12.2 Å². The molecule has 4 aliphatic carbocycles. The number of phenols is 2. The van der Waals surface area contributed by atoms with E-state index in [-0.39, 0.29) is 18.0 Å². The van der Waals surface area contributed by atoms with E-state index in [4.69, 9.17) is 9.47 Å². The Morgan fingerprint density at radius 3 is 1.72 bits per heavy atom. The first kappa shape index (κ1) is 43.6. The van der Waals surface area contributed by atoms with Crippen molar-refractivity contribution in [1.29, 1.82) is 0 Å². The Balaban J connectivity index is 0.982. The lowest BCUT2D eigenvalue weighted by Gasteiger charge is -2.29. The lowest BCUT2D eigenvalue weighted by atomic mass is 9.76. The van der Waals surface area contributed by atoms with Gasteiger partial charge in [-0.15, -0.1) is 0 Å². The second-order valence-corrected chi connectivity index (χ2v) is 19.2. The van der Waals surface area contributed by atoms with E-state index in [0.717, 1.165) is 114 Å². The second kappa shape index (κ2) is 19.2. The fraction of sp³-hybridized carbons (Fsp3) is 0.414. The van der Waals surface area contributed by atoms with Gasteiger partial charge in [-0.05, 0) is 228 Å². The third-order valence-corrected chi connectivity index (χ3v) is 14.2. The lowest BCUT2D eigenvalue weighted by molar-refractivity contribution is 0.131. The van der Waals surface area contributed by atoms with Crippen LogP contribution in [0.2, 0.25) is 0 Å². The van der Waals surface area contributed by atoms with Gasteiger partial charge in [0.1, 0.15) is 23.0 Å². The molecule has 1 unspecified atom stereocenters. The van der Waals surface area contributed by atoms with E-state index in [1.807, 2.05) is 24.4 Å². The fourth-order valence-corrected chi connectivity index (χ4v) is 11.3. The van der Waals surface area contributed by atoms with Gasteiger partial charge in [-0.2, -0.15) is 0 Å². The van der Waals surface area contributed by atoms with Crippen molar-refractivity contribution >= 4 is 5.57 Å². The molecule has 64 heavy (non-hydrogen) atoms. The molecule has 2 heterocycles. The quantitative estimate of drug-likeness (QED) is 0.146. The average molecular weight is 855 g/mol. The van der Waals surface area contributed by atoms with E-state index in [2.05, 4.69) is 74.6 Å². The summed E-state index contributed by atoms with van der Waals surface area (Å²) in [5.41, 5.74) is 19.0. The minimum absolute atomic E-state index is 0.232. The molecule has 0 aliphatic heterocycles. The number of rotatable bonds is 10. The van der Waals surface area contributed by atoms with Crippen LogP contribution in [-0.2, 0) is 25.7 Å². The third kappa shape index (κ3) is 9.03. The van der Waals surface area contributed by atoms with Crippen LogP contribution in [0.15, 0.2) is 96.6 Å². The molecule has 2 atom stereocenters. The summed E-state index contributed by atoms with van der Waals surface area (Å²) in [5.74, 6) is 1.88. The Morgan fingerprint density at radius 1 is 0.578 bits per heavy atom. The highest BCUT2D eigenvalue weighted by Gasteiger charge is 2.28. The number of aromatic hydroxyl groups is 2. The maximum Gasteiger partial charge on any atom is 0.131 e. The first-order chi connectivity index (χ1) is 31.1. The van der Waals surface area contributed by atoms with Gasteiger partial charge >= 0.3 is 0 Å². The number of hydrogen-bond donors (Lipinski definition) is 2. The van der Waals surface area contributed by atoms with Gasteiger partial charge in [-0.25, -0.2) is 0 Å². The van der Waals surface area contributed by atoms with Crippen molar-refractivity contribution in [3.05, 3.63) is 136 Å². The molecule has 0 radical (unpaired) electrons. The molecule has 0 saturated heterocycles. The smallest absolute Gasteiger partial charge is 0.131 e. The fourth-order valence-electron chi connectivity index (χ4n) is 11.3. The van der Waals surface area contributed by atoms with E-state index < -0.39 is 0 Å². The molecule has 5 aromatic rings. The van der Waals surface area contributed by atoms with Crippen molar-refractivity contribution in [2.24, 2.45) is 0 Å². The predicted molar refractivity (Wildman–Crippen MR) is 261 cm³/mol. The number of aromatic nitrogens is 2. The van der Waals surface area contributed by atoms with Gasteiger partial charge in [0.15, 0.2) is 0 Å². The van der Waals surface area contributed by atoms with E-state index >= 15 is 0 Å². The Kier molecular flexibility index (Phi) is 13.1. The van der Waals surface area contributed by atoms with Crippen LogP contribution in [-0.4, -0.2) is 32.4 Å². The van der Waals surface area contributed by atoms with Gasteiger partial charge in [-0.1, -0.05) is 25.1 Å². The van der Waals surface area contributed by atoms with Crippen LogP contribution in [0.3, 0.4) is 0 Å². The number of hydrogen-bond acceptors (Lipinski definition) is 6. The Bertz CT molecular complexity index is 2600. The van der Waals surface area contributed by atoms with Gasteiger partial charge < -0.3 is 19.7 Å². The minimum atomic E-state index is -0.236. The van der Waals surface area contributed by atoms with Crippen LogP contribution < -0.4 is 9.47 Å². The highest BCUT2D eigenvalue weighted by atomic mass is 16.5. The summed E-state index contributed by atoms with van der Waals surface area (Å²) < 4.78 is 13.5. The molecule has 6 nitrogen and oxygen atoms in total. The summed E-state index contributed by atoms with van der Waals surface area (Å²) >= 11 is 0. The molecule has 332 valence electrons. The molecule has 0 bridgehead atoms. The van der Waals surface area contributed by atoms with Crippen LogP contribution in [0, 0.1) is 13.8 Å². The molecule has 6 heteroatoms. The van der Waals surface area contributed by atoms with Crippen molar-refractivity contribution < 1.29 is 19.7 Å². The van der Waals surface area contributed by atoms with Gasteiger partial charge in [-0.3, -0.25) is 9.97 Å². The van der Waals surface area contributed by atoms with Crippen LogP contribution >= 0.6 is 0 Å². The molecule has 2 N–H and O–H groups in total. The zero-order valence-electron chi connectivity index (χ0n) is 38.6. The number of benzene rings is 3. The largest absolute Gasteiger partial charge is 0.507 e. The normalized spacial score (nSPS) is 19.6.